The predicted molar refractivity (Wildman–Crippen MR) is 108 cm³/mol. The highest BCUT2D eigenvalue weighted by Gasteiger charge is 2.51. The topological polar surface area (TPSA) is 34.3 Å². The summed E-state index contributed by atoms with van der Waals surface area (Å²) in [6, 6.07) is 17.5. The molecule has 5 atom stereocenters. The highest BCUT2D eigenvalue weighted by Crippen LogP contribution is 2.54. The molecule has 3 nitrogen and oxygen atoms in total. The Labute approximate surface area is 165 Å². The number of hydrogen-bond acceptors (Lipinski definition) is 3. The fraction of sp³-hybridized carbons (Fsp3) is 0.360. The summed E-state index contributed by atoms with van der Waals surface area (Å²) >= 11 is 0. The molecule has 0 bridgehead atoms. The normalized spacial score (nSPS) is 35.4. The lowest BCUT2D eigenvalue weighted by atomic mass is 9.68. The number of fused-ring (bicyclic) bond motifs is 5. The molecule has 0 amide bonds. The molecule has 5 unspecified atom stereocenters. The minimum Gasteiger partial charge on any atom is -0.376 e. The number of epoxide rings is 2. The van der Waals surface area contributed by atoms with Gasteiger partial charge in [-0.2, -0.15) is 0 Å². The molecule has 4 aliphatic rings. The van der Waals surface area contributed by atoms with Gasteiger partial charge >= 0.3 is 0 Å². The summed E-state index contributed by atoms with van der Waals surface area (Å²) in [6.45, 7) is 3.67. The van der Waals surface area contributed by atoms with Gasteiger partial charge in [0.15, 0.2) is 0 Å². The minimum absolute atomic E-state index is 0.0613. The quantitative estimate of drug-likeness (QED) is 0.704. The Morgan fingerprint density at radius 3 is 2.54 bits per heavy atom. The molecule has 0 spiro atoms. The molecule has 2 aromatic rings. The molecular weight excluding hydrogens is 348 g/mol. The van der Waals surface area contributed by atoms with Gasteiger partial charge in [-0.15, -0.1) is 0 Å². The monoisotopic (exact) mass is 372 g/mol. The molecule has 0 aromatic heterocycles. The highest BCUT2D eigenvalue weighted by molar-refractivity contribution is 5.80. The number of rotatable bonds is 2. The molecule has 28 heavy (non-hydrogen) atoms. The Hall–Kier alpha value is -2.20. The highest BCUT2D eigenvalue weighted by atomic mass is 16.6. The second kappa shape index (κ2) is 6.15. The zero-order valence-corrected chi connectivity index (χ0v) is 16.0. The molecule has 0 radical (unpaired) electrons. The van der Waals surface area contributed by atoms with E-state index in [4.69, 9.17) is 14.2 Å². The van der Waals surface area contributed by atoms with Crippen LogP contribution < -0.4 is 0 Å². The van der Waals surface area contributed by atoms with Gasteiger partial charge < -0.3 is 14.2 Å². The number of benzene rings is 2. The summed E-state index contributed by atoms with van der Waals surface area (Å²) in [6.07, 6.45) is 8.36. The van der Waals surface area contributed by atoms with Crippen molar-refractivity contribution in [2.75, 3.05) is 13.2 Å². The first-order valence-corrected chi connectivity index (χ1v) is 10.2. The SMILES string of the molecule is CC1(c2ccccc2)CC=CC=C1c1cccc2c1C1OC1COCC1OC21. The second-order valence-electron chi connectivity index (χ2n) is 8.45. The van der Waals surface area contributed by atoms with Crippen molar-refractivity contribution < 1.29 is 14.2 Å². The van der Waals surface area contributed by atoms with Crippen LogP contribution in [0.15, 0.2) is 66.8 Å². The molecule has 142 valence electrons. The Morgan fingerprint density at radius 2 is 1.68 bits per heavy atom. The lowest BCUT2D eigenvalue weighted by Crippen LogP contribution is -2.25. The Morgan fingerprint density at radius 1 is 0.893 bits per heavy atom. The van der Waals surface area contributed by atoms with E-state index in [1.54, 1.807) is 0 Å². The van der Waals surface area contributed by atoms with Gasteiger partial charge in [-0.1, -0.05) is 73.7 Å². The van der Waals surface area contributed by atoms with Crippen molar-refractivity contribution in [3.05, 3.63) is 89.0 Å². The number of ether oxygens (including phenoxy) is 3. The average molecular weight is 372 g/mol. The molecule has 3 heterocycles. The number of hydrogen-bond donors (Lipinski definition) is 0. The summed E-state index contributed by atoms with van der Waals surface area (Å²) in [7, 11) is 0. The van der Waals surface area contributed by atoms with Crippen molar-refractivity contribution in [1.29, 1.82) is 0 Å². The molecule has 0 saturated carbocycles. The van der Waals surface area contributed by atoms with Crippen molar-refractivity contribution in [2.45, 2.75) is 43.2 Å². The fourth-order valence-electron chi connectivity index (χ4n) is 4.98. The van der Waals surface area contributed by atoms with Gasteiger partial charge in [0.05, 0.1) is 13.2 Å². The van der Waals surface area contributed by atoms with Crippen LogP contribution in [0.3, 0.4) is 0 Å². The van der Waals surface area contributed by atoms with Crippen molar-refractivity contribution in [3.8, 4) is 0 Å². The summed E-state index contributed by atoms with van der Waals surface area (Å²) in [5.41, 5.74) is 6.55. The van der Waals surface area contributed by atoms with Gasteiger partial charge in [-0.25, -0.2) is 0 Å². The van der Waals surface area contributed by atoms with E-state index >= 15 is 0 Å². The smallest absolute Gasteiger partial charge is 0.113 e. The van der Waals surface area contributed by atoms with E-state index in [2.05, 4.69) is 73.7 Å². The minimum atomic E-state index is -0.0613. The first-order valence-electron chi connectivity index (χ1n) is 10.2. The standard InChI is InChI=1S/C25H24O3/c1-25(16-8-3-2-4-9-16)13-6-5-12-19(25)17-10-7-11-18-22(17)24-21(28-24)15-26-14-20-23(18)27-20/h2-12,20-21,23-24H,13-15H2,1H3. The predicted octanol–water partition coefficient (Wildman–Crippen LogP) is 4.90. The molecule has 3 aliphatic heterocycles. The molecule has 3 heteroatoms. The third kappa shape index (κ3) is 2.54. The van der Waals surface area contributed by atoms with Crippen LogP contribution in [0.2, 0.25) is 0 Å². The Balaban J connectivity index is 1.52. The molecule has 2 fully saturated rings. The van der Waals surface area contributed by atoms with E-state index in [1.807, 2.05) is 0 Å². The van der Waals surface area contributed by atoms with Crippen LogP contribution in [-0.4, -0.2) is 25.4 Å². The summed E-state index contributed by atoms with van der Waals surface area (Å²) in [4.78, 5) is 0. The first-order chi connectivity index (χ1) is 13.8. The van der Waals surface area contributed by atoms with E-state index in [0.29, 0.717) is 13.2 Å². The van der Waals surface area contributed by atoms with Crippen molar-refractivity contribution in [3.63, 3.8) is 0 Å². The van der Waals surface area contributed by atoms with Crippen LogP contribution >= 0.6 is 0 Å². The van der Waals surface area contributed by atoms with Crippen LogP contribution in [-0.2, 0) is 19.6 Å². The van der Waals surface area contributed by atoms with E-state index in [1.165, 1.54) is 27.8 Å². The van der Waals surface area contributed by atoms with Gasteiger partial charge in [0.2, 0.25) is 0 Å². The van der Waals surface area contributed by atoms with Gasteiger partial charge in [0.25, 0.3) is 0 Å². The molecule has 6 rings (SSSR count). The Bertz CT molecular complexity index is 977. The second-order valence-corrected chi connectivity index (χ2v) is 8.45. The number of allylic oxidation sites excluding steroid dienone is 4. The maximum atomic E-state index is 6.07. The zero-order valence-electron chi connectivity index (χ0n) is 16.0. The first kappa shape index (κ1) is 16.7. The van der Waals surface area contributed by atoms with E-state index in [0.717, 1.165) is 6.42 Å². The molecule has 2 saturated heterocycles. The van der Waals surface area contributed by atoms with Crippen LogP contribution in [0, 0.1) is 0 Å². The molecule has 2 aromatic carbocycles. The van der Waals surface area contributed by atoms with Gasteiger partial charge in [0.1, 0.15) is 24.4 Å². The van der Waals surface area contributed by atoms with Crippen molar-refractivity contribution in [2.24, 2.45) is 0 Å². The third-order valence-corrected chi connectivity index (χ3v) is 6.68. The molecule has 0 N–H and O–H groups in total. The molecule has 1 aliphatic carbocycles. The van der Waals surface area contributed by atoms with Gasteiger partial charge in [-0.05, 0) is 34.2 Å². The fourth-order valence-corrected chi connectivity index (χ4v) is 4.98. The summed E-state index contributed by atoms with van der Waals surface area (Å²) < 4.78 is 17.8. The average Bonchev–Trinajstić information content (AvgIpc) is 3.65. The van der Waals surface area contributed by atoms with Crippen molar-refractivity contribution >= 4 is 5.57 Å². The lowest BCUT2D eigenvalue weighted by molar-refractivity contribution is 0.102. The Kier molecular flexibility index (Phi) is 3.67. The van der Waals surface area contributed by atoms with E-state index < -0.39 is 0 Å². The summed E-state index contributed by atoms with van der Waals surface area (Å²) in [5, 5.41) is 0. The van der Waals surface area contributed by atoms with Gasteiger partial charge in [-0.3, -0.25) is 0 Å². The van der Waals surface area contributed by atoms with E-state index in [-0.39, 0.29) is 29.8 Å². The maximum absolute atomic E-state index is 6.07. The largest absolute Gasteiger partial charge is 0.376 e. The molecular formula is C25H24O3. The van der Waals surface area contributed by atoms with Crippen LogP contribution in [0.4, 0.5) is 0 Å². The van der Waals surface area contributed by atoms with Gasteiger partial charge in [0, 0.05) is 5.41 Å². The van der Waals surface area contributed by atoms with E-state index in [9.17, 15) is 0 Å². The lowest BCUT2D eigenvalue weighted by Gasteiger charge is -2.35. The van der Waals surface area contributed by atoms with Crippen LogP contribution in [0.5, 0.6) is 0 Å². The van der Waals surface area contributed by atoms with Crippen LogP contribution in [0.25, 0.3) is 5.57 Å². The zero-order chi connectivity index (χ0) is 18.7. The van der Waals surface area contributed by atoms with Crippen LogP contribution in [0.1, 0.15) is 47.8 Å². The third-order valence-electron chi connectivity index (χ3n) is 6.68. The maximum Gasteiger partial charge on any atom is 0.113 e. The van der Waals surface area contributed by atoms with Crippen molar-refractivity contribution in [1.82, 2.24) is 0 Å². The summed E-state index contributed by atoms with van der Waals surface area (Å²) in [5.74, 6) is 0.